The summed E-state index contributed by atoms with van der Waals surface area (Å²) in [5.74, 6) is 0.0677. The summed E-state index contributed by atoms with van der Waals surface area (Å²) in [4.78, 5) is 16.2. The van der Waals surface area contributed by atoms with Crippen molar-refractivity contribution in [1.82, 2.24) is 10.3 Å². The SMILES string of the molecule is Cc1cc(C(=O)NCc2ccccn2)cc(C)c1O. The molecule has 1 aromatic heterocycles. The molecule has 4 heteroatoms. The smallest absolute Gasteiger partial charge is 0.251 e. The number of hydrogen-bond acceptors (Lipinski definition) is 3. The molecule has 0 aliphatic rings. The van der Waals surface area contributed by atoms with Crippen LogP contribution >= 0.6 is 0 Å². The van der Waals surface area contributed by atoms with E-state index in [4.69, 9.17) is 0 Å². The number of aromatic hydroxyl groups is 1. The van der Waals surface area contributed by atoms with E-state index in [1.165, 1.54) is 0 Å². The van der Waals surface area contributed by atoms with Crippen LogP contribution in [0.4, 0.5) is 0 Å². The van der Waals surface area contributed by atoms with Gasteiger partial charge in [0.15, 0.2) is 0 Å². The van der Waals surface area contributed by atoms with E-state index in [2.05, 4.69) is 10.3 Å². The average Bonchev–Trinajstić information content (AvgIpc) is 2.42. The summed E-state index contributed by atoms with van der Waals surface area (Å²) in [6, 6.07) is 8.92. The number of carbonyl (C=O) groups excluding carboxylic acids is 1. The van der Waals surface area contributed by atoms with Crippen LogP contribution in [0, 0.1) is 13.8 Å². The van der Waals surface area contributed by atoms with Gasteiger partial charge in [-0.2, -0.15) is 0 Å². The van der Waals surface area contributed by atoms with Crippen molar-refractivity contribution in [2.24, 2.45) is 0 Å². The van der Waals surface area contributed by atoms with Crippen molar-refractivity contribution < 1.29 is 9.90 Å². The molecule has 1 heterocycles. The van der Waals surface area contributed by atoms with Crippen LogP contribution in [0.25, 0.3) is 0 Å². The molecule has 0 spiro atoms. The van der Waals surface area contributed by atoms with Crippen molar-refractivity contribution in [2.75, 3.05) is 0 Å². The Bertz CT molecular complexity index is 571. The Kier molecular flexibility index (Phi) is 3.80. The van der Waals surface area contributed by atoms with Gasteiger partial charge in [-0.05, 0) is 49.2 Å². The third-order valence-corrected chi connectivity index (χ3v) is 2.91. The molecule has 0 bridgehead atoms. The molecule has 2 aromatic rings. The van der Waals surface area contributed by atoms with Gasteiger partial charge in [0.25, 0.3) is 5.91 Å². The molecule has 4 nitrogen and oxygen atoms in total. The highest BCUT2D eigenvalue weighted by atomic mass is 16.3. The van der Waals surface area contributed by atoms with Crippen molar-refractivity contribution >= 4 is 5.91 Å². The Labute approximate surface area is 112 Å². The maximum Gasteiger partial charge on any atom is 0.251 e. The summed E-state index contributed by atoms with van der Waals surface area (Å²) in [6.45, 7) is 3.94. The molecule has 0 atom stereocenters. The number of pyridine rings is 1. The molecule has 98 valence electrons. The molecule has 0 unspecified atom stereocenters. The topological polar surface area (TPSA) is 62.2 Å². The zero-order valence-electron chi connectivity index (χ0n) is 11.0. The number of phenols is 1. The van der Waals surface area contributed by atoms with Gasteiger partial charge in [-0.1, -0.05) is 6.07 Å². The first-order valence-corrected chi connectivity index (χ1v) is 6.06. The number of amides is 1. The van der Waals surface area contributed by atoms with Crippen LogP contribution in [-0.2, 0) is 6.54 Å². The Morgan fingerprint density at radius 2 is 1.95 bits per heavy atom. The van der Waals surface area contributed by atoms with Gasteiger partial charge in [-0.3, -0.25) is 9.78 Å². The Hall–Kier alpha value is -2.36. The summed E-state index contributed by atoms with van der Waals surface area (Å²) >= 11 is 0. The number of nitrogens with one attached hydrogen (secondary N) is 1. The van der Waals surface area contributed by atoms with E-state index in [0.29, 0.717) is 23.2 Å². The summed E-state index contributed by atoms with van der Waals surface area (Å²) in [6.07, 6.45) is 1.69. The second-order valence-electron chi connectivity index (χ2n) is 4.46. The van der Waals surface area contributed by atoms with E-state index in [1.807, 2.05) is 18.2 Å². The Morgan fingerprint density at radius 1 is 1.26 bits per heavy atom. The molecular formula is C15H16N2O2. The Morgan fingerprint density at radius 3 is 2.53 bits per heavy atom. The molecule has 0 saturated heterocycles. The lowest BCUT2D eigenvalue weighted by atomic mass is 10.1. The number of benzene rings is 1. The fourth-order valence-corrected chi connectivity index (χ4v) is 1.86. The van der Waals surface area contributed by atoms with E-state index in [1.54, 1.807) is 32.2 Å². The van der Waals surface area contributed by atoms with Crippen LogP contribution in [0.3, 0.4) is 0 Å². The van der Waals surface area contributed by atoms with Crippen molar-refractivity contribution in [3.05, 3.63) is 58.9 Å². The molecule has 0 aliphatic heterocycles. The average molecular weight is 256 g/mol. The minimum absolute atomic E-state index is 0.170. The predicted molar refractivity (Wildman–Crippen MR) is 73.0 cm³/mol. The van der Waals surface area contributed by atoms with Crippen molar-refractivity contribution in [1.29, 1.82) is 0 Å². The van der Waals surface area contributed by atoms with Gasteiger partial charge in [-0.25, -0.2) is 0 Å². The quantitative estimate of drug-likeness (QED) is 0.886. The predicted octanol–water partition coefficient (Wildman–Crippen LogP) is 2.33. The van der Waals surface area contributed by atoms with Gasteiger partial charge in [0.05, 0.1) is 12.2 Å². The minimum Gasteiger partial charge on any atom is -0.507 e. The molecule has 19 heavy (non-hydrogen) atoms. The van der Waals surface area contributed by atoms with Gasteiger partial charge < -0.3 is 10.4 Å². The summed E-state index contributed by atoms with van der Waals surface area (Å²) < 4.78 is 0. The fraction of sp³-hybridized carbons (Fsp3) is 0.200. The van der Waals surface area contributed by atoms with Crippen LogP contribution in [0.1, 0.15) is 27.2 Å². The summed E-state index contributed by atoms with van der Waals surface area (Å²) in [5, 5.41) is 12.5. The van der Waals surface area contributed by atoms with Gasteiger partial charge in [-0.15, -0.1) is 0 Å². The summed E-state index contributed by atoms with van der Waals surface area (Å²) in [5.41, 5.74) is 2.75. The number of hydrogen-bond donors (Lipinski definition) is 2. The normalized spacial score (nSPS) is 10.2. The van der Waals surface area contributed by atoms with Crippen LogP contribution in [-0.4, -0.2) is 16.0 Å². The largest absolute Gasteiger partial charge is 0.507 e. The van der Waals surface area contributed by atoms with Gasteiger partial charge in [0, 0.05) is 11.8 Å². The van der Waals surface area contributed by atoms with E-state index >= 15 is 0 Å². The molecular weight excluding hydrogens is 240 g/mol. The molecule has 1 amide bonds. The highest BCUT2D eigenvalue weighted by Crippen LogP contribution is 2.22. The Balaban J connectivity index is 2.08. The van der Waals surface area contributed by atoms with E-state index in [9.17, 15) is 9.90 Å². The number of nitrogens with zero attached hydrogens (tertiary/aromatic N) is 1. The fourth-order valence-electron chi connectivity index (χ4n) is 1.86. The second-order valence-corrected chi connectivity index (χ2v) is 4.46. The third kappa shape index (κ3) is 3.10. The van der Waals surface area contributed by atoms with Crippen LogP contribution in [0.5, 0.6) is 5.75 Å². The highest BCUT2D eigenvalue weighted by molar-refractivity contribution is 5.94. The molecule has 2 N–H and O–H groups in total. The maximum atomic E-state index is 12.0. The zero-order chi connectivity index (χ0) is 13.8. The first-order chi connectivity index (χ1) is 9.08. The lowest BCUT2D eigenvalue weighted by Gasteiger charge is -2.08. The standard InChI is InChI=1S/C15H16N2O2/c1-10-7-12(8-11(2)14(10)18)15(19)17-9-13-5-3-4-6-16-13/h3-8,18H,9H2,1-2H3,(H,17,19). The molecule has 0 radical (unpaired) electrons. The molecule has 2 rings (SSSR count). The van der Waals surface area contributed by atoms with E-state index in [0.717, 1.165) is 5.69 Å². The number of aromatic nitrogens is 1. The van der Waals surface area contributed by atoms with Crippen molar-refractivity contribution in [3.63, 3.8) is 0 Å². The zero-order valence-corrected chi connectivity index (χ0v) is 11.0. The van der Waals surface area contributed by atoms with E-state index in [-0.39, 0.29) is 11.7 Å². The van der Waals surface area contributed by atoms with E-state index < -0.39 is 0 Å². The minimum atomic E-state index is -0.170. The van der Waals surface area contributed by atoms with Gasteiger partial charge >= 0.3 is 0 Å². The molecule has 0 aliphatic carbocycles. The third-order valence-electron chi connectivity index (χ3n) is 2.91. The number of carbonyl (C=O) groups is 1. The highest BCUT2D eigenvalue weighted by Gasteiger charge is 2.10. The monoisotopic (exact) mass is 256 g/mol. The van der Waals surface area contributed by atoms with Crippen molar-refractivity contribution in [2.45, 2.75) is 20.4 Å². The maximum absolute atomic E-state index is 12.0. The van der Waals surface area contributed by atoms with Gasteiger partial charge in [0.2, 0.25) is 0 Å². The van der Waals surface area contributed by atoms with Crippen LogP contribution < -0.4 is 5.32 Å². The first kappa shape index (κ1) is 13.1. The molecule has 1 aromatic carbocycles. The lowest BCUT2D eigenvalue weighted by Crippen LogP contribution is -2.23. The molecule has 0 saturated carbocycles. The van der Waals surface area contributed by atoms with Crippen molar-refractivity contribution in [3.8, 4) is 5.75 Å². The summed E-state index contributed by atoms with van der Waals surface area (Å²) in [7, 11) is 0. The van der Waals surface area contributed by atoms with Gasteiger partial charge in [0.1, 0.15) is 5.75 Å². The number of phenolic OH excluding ortho intramolecular Hbond substituents is 1. The molecule has 0 fully saturated rings. The number of rotatable bonds is 3. The van der Waals surface area contributed by atoms with Crippen LogP contribution in [0.15, 0.2) is 36.5 Å². The lowest BCUT2D eigenvalue weighted by molar-refractivity contribution is 0.0950. The number of aryl methyl sites for hydroxylation is 2. The van der Waals surface area contributed by atoms with Crippen LogP contribution in [0.2, 0.25) is 0 Å². The second kappa shape index (κ2) is 5.52. The first-order valence-electron chi connectivity index (χ1n) is 6.06.